The van der Waals surface area contributed by atoms with Crippen molar-refractivity contribution in [3.63, 3.8) is 0 Å². The molecule has 0 saturated heterocycles. The Kier molecular flexibility index (Phi) is 4.32. The molecule has 0 aromatic heterocycles. The summed E-state index contributed by atoms with van der Waals surface area (Å²) >= 11 is 0. The van der Waals surface area contributed by atoms with Crippen LogP contribution in [0.2, 0.25) is 0 Å². The molecule has 0 spiro atoms. The molecule has 6 nitrogen and oxygen atoms in total. The number of hydrogen-bond acceptors (Lipinski definition) is 6. The lowest BCUT2D eigenvalue weighted by Gasteiger charge is -2.11. The second-order valence-electron chi connectivity index (χ2n) is 2.38. The van der Waals surface area contributed by atoms with E-state index in [1.54, 1.807) is 12.1 Å². The van der Waals surface area contributed by atoms with Gasteiger partial charge in [0.1, 0.15) is 14.7 Å². The van der Waals surface area contributed by atoms with E-state index in [4.69, 9.17) is 27.4 Å². The summed E-state index contributed by atoms with van der Waals surface area (Å²) in [6, 6.07) is 3.34. The van der Waals surface area contributed by atoms with Crippen molar-refractivity contribution in [2.24, 2.45) is 11.4 Å². The maximum atomic E-state index is 5.77. The molecule has 0 aliphatic heterocycles. The number of rotatable bonds is 4. The fraction of sp³-hybridized carbons (Fsp3) is 0. The van der Waals surface area contributed by atoms with Gasteiger partial charge in [0.25, 0.3) is 0 Å². The second kappa shape index (κ2) is 5.29. The first kappa shape index (κ1) is 11.4. The van der Waals surface area contributed by atoms with Gasteiger partial charge in [0.05, 0.1) is 19.8 Å². The summed E-state index contributed by atoms with van der Waals surface area (Å²) in [6.07, 6.45) is 0. The second-order valence-corrected chi connectivity index (χ2v) is 3.76. The maximum Gasteiger partial charge on any atom is 0.148 e. The van der Waals surface area contributed by atoms with Crippen molar-refractivity contribution in [2.75, 3.05) is 11.5 Å². The molecular weight excluding hydrogens is 222 g/mol. The normalized spacial score (nSPS) is 11.9. The predicted octanol–water partition coefficient (Wildman–Crippen LogP) is -0.194. The lowest BCUT2D eigenvalue weighted by atomic mass is 10.2. The van der Waals surface area contributed by atoms with Gasteiger partial charge in [-0.2, -0.15) is 0 Å². The summed E-state index contributed by atoms with van der Waals surface area (Å²) in [7, 11) is -0.267. The van der Waals surface area contributed by atoms with E-state index >= 15 is 0 Å². The van der Waals surface area contributed by atoms with Crippen LogP contribution in [0.15, 0.2) is 12.1 Å². The van der Waals surface area contributed by atoms with Gasteiger partial charge in [-0.1, -0.05) is 0 Å². The van der Waals surface area contributed by atoms with Gasteiger partial charge >= 0.3 is 0 Å². The molecular formula is C6H12N4O2P2. The van der Waals surface area contributed by atoms with Crippen LogP contribution < -0.4 is 32.7 Å². The Morgan fingerprint density at radius 3 is 2.50 bits per heavy atom. The van der Waals surface area contributed by atoms with E-state index in [0.29, 0.717) is 22.4 Å². The highest BCUT2D eigenvalue weighted by atomic mass is 31.1. The number of hydrogen-bond donors (Lipinski definition) is 4. The molecule has 1 rings (SSSR count). The largest absolute Gasteiger partial charge is 0.459 e. The zero-order valence-electron chi connectivity index (χ0n) is 7.28. The van der Waals surface area contributed by atoms with Crippen LogP contribution in [-0.4, -0.2) is 0 Å². The molecule has 0 amide bonds. The Balaban J connectivity index is 3.05. The van der Waals surface area contributed by atoms with Crippen molar-refractivity contribution >= 4 is 34.4 Å². The van der Waals surface area contributed by atoms with Gasteiger partial charge in [0.15, 0.2) is 0 Å². The lowest BCUT2D eigenvalue weighted by Crippen LogP contribution is -2.12. The smallest absolute Gasteiger partial charge is 0.148 e. The highest BCUT2D eigenvalue weighted by Crippen LogP contribution is 2.30. The number of anilines is 2. The molecule has 14 heavy (non-hydrogen) atoms. The molecule has 2 unspecified atom stereocenters. The standard InChI is InChI=1S/C6H12N4O2P2/c7-3-1-2-4(11-14-10)5(8)6(3)13-12-9/h1-2,13-14H,7-10H2. The van der Waals surface area contributed by atoms with Gasteiger partial charge < -0.3 is 16.0 Å². The number of nitrogens with two attached hydrogens (primary N) is 4. The minimum atomic E-state index is -0.163. The minimum Gasteiger partial charge on any atom is -0.459 e. The Bertz CT molecular complexity index is 323. The highest BCUT2D eigenvalue weighted by Gasteiger charge is 2.10. The monoisotopic (exact) mass is 234 g/mol. The molecule has 0 aliphatic rings. The van der Waals surface area contributed by atoms with E-state index in [-0.39, 0.29) is 17.8 Å². The number of nitrogen functional groups attached to an aromatic ring is 2. The summed E-state index contributed by atoms with van der Waals surface area (Å²) < 4.78 is 9.62. The Morgan fingerprint density at radius 2 is 1.93 bits per heavy atom. The summed E-state index contributed by atoms with van der Waals surface area (Å²) in [5.74, 6) is 5.46. The van der Waals surface area contributed by atoms with Crippen LogP contribution >= 0.6 is 17.8 Å². The first-order valence-corrected chi connectivity index (χ1v) is 5.52. The van der Waals surface area contributed by atoms with Crippen molar-refractivity contribution in [3.05, 3.63) is 12.1 Å². The van der Waals surface area contributed by atoms with Crippen LogP contribution in [0.3, 0.4) is 0 Å². The Hall–Kier alpha value is -0.640. The van der Waals surface area contributed by atoms with Crippen molar-refractivity contribution in [2.45, 2.75) is 0 Å². The van der Waals surface area contributed by atoms with Crippen LogP contribution in [-0.2, 0) is 4.62 Å². The van der Waals surface area contributed by atoms with E-state index in [2.05, 4.69) is 4.62 Å². The van der Waals surface area contributed by atoms with Crippen molar-refractivity contribution in [1.82, 2.24) is 0 Å². The van der Waals surface area contributed by atoms with Gasteiger partial charge in [-0.15, -0.1) is 0 Å². The van der Waals surface area contributed by atoms with Gasteiger partial charge in [-0.05, 0) is 12.1 Å². The van der Waals surface area contributed by atoms with Crippen molar-refractivity contribution < 1.29 is 9.15 Å². The molecule has 2 atom stereocenters. The van der Waals surface area contributed by atoms with E-state index in [9.17, 15) is 0 Å². The first-order chi connectivity index (χ1) is 6.70. The number of benzene rings is 1. The molecule has 1 aromatic rings. The minimum absolute atomic E-state index is 0.104. The molecule has 0 heterocycles. The topological polar surface area (TPSA) is 123 Å². The Labute approximate surface area is 85.0 Å². The fourth-order valence-electron chi connectivity index (χ4n) is 0.943. The van der Waals surface area contributed by atoms with Gasteiger partial charge in [-0.25, -0.2) is 5.90 Å². The third-order valence-electron chi connectivity index (χ3n) is 1.57. The third-order valence-corrected chi connectivity index (χ3v) is 2.79. The average Bonchev–Trinajstić information content (AvgIpc) is 2.17. The first-order valence-electron chi connectivity index (χ1n) is 3.62. The third kappa shape index (κ3) is 2.44. The molecule has 78 valence electrons. The molecule has 1 aromatic carbocycles. The molecule has 8 heteroatoms. The quantitative estimate of drug-likeness (QED) is 0.325. The van der Waals surface area contributed by atoms with Crippen LogP contribution in [0.1, 0.15) is 0 Å². The van der Waals surface area contributed by atoms with Crippen LogP contribution in [0, 0.1) is 0 Å². The molecule has 0 saturated carbocycles. The molecule has 0 aliphatic carbocycles. The van der Waals surface area contributed by atoms with Gasteiger partial charge in [0, 0.05) is 5.69 Å². The van der Waals surface area contributed by atoms with Crippen LogP contribution in [0.4, 0.5) is 11.4 Å². The molecule has 8 N–H and O–H groups in total. The zero-order valence-corrected chi connectivity index (χ0v) is 9.28. The molecule has 0 bridgehead atoms. The van der Waals surface area contributed by atoms with Crippen molar-refractivity contribution in [3.8, 4) is 5.75 Å². The van der Waals surface area contributed by atoms with Crippen LogP contribution in [0.25, 0.3) is 0 Å². The average molecular weight is 234 g/mol. The van der Waals surface area contributed by atoms with E-state index < -0.39 is 0 Å². The summed E-state index contributed by atoms with van der Waals surface area (Å²) in [5.41, 5.74) is 17.7. The predicted molar refractivity (Wildman–Crippen MR) is 61.6 cm³/mol. The van der Waals surface area contributed by atoms with Crippen molar-refractivity contribution in [1.29, 1.82) is 0 Å². The van der Waals surface area contributed by atoms with Gasteiger partial charge in [-0.3, -0.25) is 10.1 Å². The van der Waals surface area contributed by atoms with E-state index in [0.717, 1.165) is 0 Å². The van der Waals surface area contributed by atoms with E-state index in [1.165, 1.54) is 0 Å². The summed E-state index contributed by atoms with van der Waals surface area (Å²) in [4.78, 5) is 0. The SMILES string of the molecule is NOPc1c(N)ccc(OPN)c1N. The van der Waals surface area contributed by atoms with Crippen LogP contribution in [0.5, 0.6) is 5.75 Å². The molecule has 0 radical (unpaired) electrons. The highest BCUT2D eigenvalue weighted by molar-refractivity contribution is 7.43. The van der Waals surface area contributed by atoms with E-state index in [1.807, 2.05) is 0 Å². The van der Waals surface area contributed by atoms with Gasteiger partial charge in [0.2, 0.25) is 0 Å². The zero-order chi connectivity index (χ0) is 10.6. The summed E-state index contributed by atoms with van der Waals surface area (Å²) in [5, 5.41) is 0.642. The maximum absolute atomic E-state index is 5.77. The lowest BCUT2D eigenvalue weighted by molar-refractivity contribution is 0.390. The Morgan fingerprint density at radius 1 is 1.21 bits per heavy atom. The summed E-state index contributed by atoms with van der Waals surface area (Å²) in [6.45, 7) is 0. The fourth-order valence-corrected chi connectivity index (χ4v) is 1.80. The molecule has 0 fully saturated rings.